The summed E-state index contributed by atoms with van der Waals surface area (Å²) in [5, 5.41) is 21.0. The number of phenolic OH excluding ortho intramolecular Hbond substituents is 1. The molecule has 3 aromatic carbocycles. The lowest BCUT2D eigenvalue weighted by Crippen LogP contribution is -2.26. The third-order valence-electron chi connectivity index (χ3n) is 9.79. The van der Waals surface area contributed by atoms with Gasteiger partial charge in [-0.25, -0.2) is 14.4 Å². The van der Waals surface area contributed by atoms with E-state index in [1.807, 2.05) is 6.92 Å². The number of carbonyl (C=O) groups excluding carboxylic acids is 4. The van der Waals surface area contributed by atoms with Crippen LogP contribution >= 0.6 is 27.7 Å². The van der Waals surface area contributed by atoms with E-state index in [9.17, 15) is 34.2 Å². The number of carboxylic acids is 1. The van der Waals surface area contributed by atoms with Crippen molar-refractivity contribution in [3.63, 3.8) is 0 Å². The van der Waals surface area contributed by atoms with Crippen molar-refractivity contribution < 1.29 is 48.4 Å². The summed E-state index contributed by atoms with van der Waals surface area (Å²) in [6.45, 7) is 16.9. The van der Waals surface area contributed by atoms with Crippen molar-refractivity contribution in [3.8, 4) is 23.0 Å². The maximum Gasteiger partial charge on any atom is 0.347 e. The minimum absolute atomic E-state index is 0.0206. The molecule has 0 fully saturated rings. The highest BCUT2D eigenvalue weighted by Crippen LogP contribution is 2.44. The summed E-state index contributed by atoms with van der Waals surface area (Å²) in [5.74, 6) is -4.21. The second kappa shape index (κ2) is 15.5. The molecule has 1 aliphatic rings. The molecule has 0 aromatic heterocycles. The van der Waals surface area contributed by atoms with Crippen LogP contribution in [0, 0.1) is 61.3 Å². The van der Waals surface area contributed by atoms with Crippen LogP contribution in [0.3, 0.4) is 0 Å². The lowest BCUT2D eigenvalue weighted by molar-refractivity contribution is -0.136. The molecule has 0 bridgehead atoms. The molecule has 1 unspecified atom stereocenters. The lowest BCUT2D eigenvalue weighted by Gasteiger charge is -2.23. The zero-order valence-electron chi connectivity index (χ0n) is 31.0. The SMILES string of the molecule is CCc1c(OC(=O)c2c(C)c(C)c(OC(=O)C3C(C)=CC(=O)C=C3SC)c(Br)c2O)cc(C)c(C(=O)Oc2c(C)c(C)c(C(=O)O)c(C)c2C)c1C. The number of aromatic carboxylic acids is 1. The molecule has 0 saturated heterocycles. The van der Waals surface area contributed by atoms with Gasteiger partial charge in [0.1, 0.15) is 33.2 Å². The minimum atomic E-state index is -1.06. The molecule has 0 spiro atoms. The van der Waals surface area contributed by atoms with Crippen molar-refractivity contribution in [2.45, 2.75) is 75.7 Å². The monoisotopic (exact) mass is 792 g/mol. The first-order valence-electron chi connectivity index (χ1n) is 16.4. The van der Waals surface area contributed by atoms with E-state index in [4.69, 9.17) is 14.2 Å². The van der Waals surface area contributed by atoms with Crippen LogP contribution in [0.2, 0.25) is 0 Å². The number of allylic oxidation sites excluding steroid dienone is 2. The molecule has 0 saturated carbocycles. The predicted octanol–water partition coefficient (Wildman–Crippen LogP) is 8.62. The Morgan fingerprint density at radius 2 is 1.29 bits per heavy atom. The molecule has 1 aliphatic carbocycles. The Labute approximate surface area is 315 Å². The van der Waals surface area contributed by atoms with Crippen molar-refractivity contribution in [2.75, 3.05) is 6.26 Å². The number of halogens is 1. The van der Waals surface area contributed by atoms with Gasteiger partial charge in [0.05, 0.1) is 11.1 Å². The average Bonchev–Trinajstić information content (AvgIpc) is 3.06. The average molecular weight is 794 g/mol. The number of ketones is 1. The van der Waals surface area contributed by atoms with Gasteiger partial charge in [-0.15, -0.1) is 11.8 Å². The number of aromatic hydroxyl groups is 1. The molecular formula is C40H41BrO10S. The molecule has 1 atom stereocenters. The maximum atomic E-state index is 13.8. The predicted molar refractivity (Wildman–Crippen MR) is 202 cm³/mol. The zero-order valence-corrected chi connectivity index (χ0v) is 33.4. The Kier molecular flexibility index (Phi) is 12.0. The first-order chi connectivity index (χ1) is 24.3. The molecule has 12 heteroatoms. The molecule has 10 nitrogen and oxygen atoms in total. The first kappa shape index (κ1) is 40.1. The summed E-state index contributed by atoms with van der Waals surface area (Å²) in [6, 6.07) is 1.57. The van der Waals surface area contributed by atoms with Gasteiger partial charge >= 0.3 is 23.9 Å². The molecule has 274 valence electrons. The van der Waals surface area contributed by atoms with Gasteiger partial charge in [0.25, 0.3) is 0 Å². The number of ether oxygens (including phenoxy) is 3. The molecule has 0 amide bonds. The molecule has 0 aliphatic heterocycles. The van der Waals surface area contributed by atoms with Gasteiger partial charge in [0.2, 0.25) is 0 Å². The number of aryl methyl sites for hydroxylation is 1. The summed E-state index contributed by atoms with van der Waals surface area (Å²) in [4.78, 5) is 65.3. The number of thioether (sulfide) groups is 1. The topological polar surface area (TPSA) is 154 Å². The van der Waals surface area contributed by atoms with E-state index in [0.29, 0.717) is 72.7 Å². The van der Waals surface area contributed by atoms with Crippen molar-refractivity contribution in [3.05, 3.63) is 99.9 Å². The van der Waals surface area contributed by atoms with Gasteiger partial charge in [-0.05, 0) is 159 Å². The number of carboxylic acid groups (broad SMARTS) is 1. The molecule has 2 N–H and O–H groups in total. The fraction of sp³-hybridized carbons (Fsp3) is 0.325. The number of hydrogen-bond donors (Lipinski definition) is 2. The number of esters is 3. The third-order valence-corrected chi connectivity index (χ3v) is 11.3. The molecule has 0 radical (unpaired) electrons. The molecule has 0 heterocycles. The van der Waals surface area contributed by atoms with Crippen molar-refractivity contribution >= 4 is 57.4 Å². The van der Waals surface area contributed by atoms with Crippen LogP contribution in [0.1, 0.15) is 95.0 Å². The molecular weight excluding hydrogens is 752 g/mol. The van der Waals surface area contributed by atoms with Crippen molar-refractivity contribution in [1.82, 2.24) is 0 Å². The second-order valence-electron chi connectivity index (χ2n) is 12.8. The highest BCUT2D eigenvalue weighted by molar-refractivity contribution is 9.10. The van der Waals surface area contributed by atoms with Gasteiger partial charge in [-0.3, -0.25) is 9.59 Å². The van der Waals surface area contributed by atoms with E-state index < -0.39 is 35.5 Å². The Morgan fingerprint density at radius 3 is 1.83 bits per heavy atom. The smallest absolute Gasteiger partial charge is 0.347 e. The largest absolute Gasteiger partial charge is 0.506 e. The van der Waals surface area contributed by atoms with Gasteiger partial charge in [0.15, 0.2) is 11.5 Å². The van der Waals surface area contributed by atoms with Crippen molar-refractivity contribution in [1.29, 1.82) is 0 Å². The van der Waals surface area contributed by atoms with Crippen LogP contribution < -0.4 is 14.2 Å². The lowest BCUT2D eigenvalue weighted by atomic mass is 9.92. The zero-order chi connectivity index (χ0) is 39.1. The fourth-order valence-corrected chi connectivity index (χ4v) is 7.93. The summed E-state index contributed by atoms with van der Waals surface area (Å²) in [6.07, 6.45) is 4.91. The summed E-state index contributed by atoms with van der Waals surface area (Å²) >= 11 is 4.57. The summed E-state index contributed by atoms with van der Waals surface area (Å²) in [5.41, 5.74) is 5.24. The second-order valence-corrected chi connectivity index (χ2v) is 14.5. The van der Waals surface area contributed by atoms with Crippen molar-refractivity contribution in [2.24, 2.45) is 5.92 Å². The maximum absolute atomic E-state index is 13.8. The summed E-state index contributed by atoms with van der Waals surface area (Å²) in [7, 11) is 0. The Morgan fingerprint density at radius 1 is 0.750 bits per heavy atom. The number of benzene rings is 3. The molecule has 52 heavy (non-hydrogen) atoms. The van der Waals surface area contributed by atoms with Crippen LogP contribution in [-0.4, -0.2) is 46.1 Å². The van der Waals surface area contributed by atoms with E-state index in [0.717, 1.165) is 0 Å². The third kappa shape index (κ3) is 7.18. The number of carbonyl (C=O) groups is 5. The molecule has 4 rings (SSSR count). The minimum Gasteiger partial charge on any atom is -0.506 e. The van der Waals surface area contributed by atoms with Crippen LogP contribution in [-0.2, 0) is 16.0 Å². The van der Waals surface area contributed by atoms with Gasteiger partial charge < -0.3 is 24.4 Å². The first-order valence-corrected chi connectivity index (χ1v) is 18.4. The summed E-state index contributed by atoms with van der Waals surface area (Å²) < 4.78 is 17.6. The van der Waals surface area contributed by atoms with Crippen LogP contribution in [0.5, 0.6) is 23.0 Å². The normalized spacial score (nSPS) is 14.1. The highest BCUT2D eigenvalue weighted by Gasteiger charge is 2.33. The van der Waals surface area contributed by atoms with Gasteiger partial charge in [0, 0.05) is 4.91 Å². The Balaban J connectivity index is 1.68. The number of hydrogen-bond acceptors (Lipinski definition) is 10. The van der Waals surface area contributed by atoms with E-state index in [1.54, 1.807) is 74.6 Å². The van der Waals surface area contributed by atoms with E-state index >= 15 is 0 Å². The van der Waals surface area contributed by atoms with Crippen LogP contribution in [0.25, 0.3) is 0 Å². The van der Waals surface area contributed by atoms with Crippen LogP contribution in [0.4, 0.5) is 0 Å². The Bertz CT molecular complexity index is 2100. The number of phenols is 1. The highest BCUT2D eigenvalue weighted by atomic mass is 79.9. The quantitative estimate of drug-likeness (QED) is 0.158. The van der Waals surface area contributed by atoms with Gasteiger partial charge in [-0.1, -0.05) is 12.5 Å². The van der Waals surface area contributed by atoms with Gasteiger partial charge in [-0.2, -0.15) is 0 Å². The van der Waals surface area contributed by atoms with E-state index in [-0.39, 0.29) is 38.4 Å². The van der Waals surface area contributed by atoms with E-state index in [2.05, 4.69) is 15.9 Å². The molecule has 3 aromatic rings. The standard InChI is InChI=1S/C40H41BrO10S/c1-12-26-24(10)29(38(46)50-35-21(7)18(4)31(37(44)45)19(5)22(35)8)17(3)14-27(26)49-40(48)32-20(6)23(9)36(33(41)34(32)43)51-39(47)30-16(2)13-25(42)15-28(30)52-11/h13-15,30,43H,12H2,1-11H3,(H,44,45). The van der Waals surface area contributed by atoms with E-state index in [1.165, 1.54) is 23.9 Å². The number of rotatable bonds is 9. The fourth-order valence-electron chi connectivity index (χ4n) is 6.60. The van der Waals surface area contributed by atoms with Crippen LogP contribution in [0.15, 0.2) is 33.2 Å². The Hall–Kier alpha value is -4.68.